The Balaban J connectivity index is 2.35. The highest BCUT2D eigenvalue weighted by molar-refractivity contribution is 6.32. The zero-order valence-corrected chi connectivity index (χ0v) is 14.5. The van der Waals surface area contributed by atoms with Gasteiger partial charge in [-0.05, 0) is 31.5 Å². The first-order valence-corrected chi connectivity index (χ1v) is 7.51. The van der Waals surface area contributed by atoms with Crippen molar-refractivity contribution in [3.8, 4) is 17.6 Å². The molecule has 25 heavy (non-hydrogen) atoms. The third-order valence-corrected chi connectivity index (χ3v) is 3.68. The number of nitriles is 1. The lowest BCUT2D eigenvalue weighted by atomic mass is 10.2. The van der Waals surface area contributed by atoms with Crippen LogP contribution in [0.4, 0.5) is 5.88 Å². The number of benzene rings is 1. The fraction of sp³-hybridized carbons (Fsp3) is 0.235. The van der Waals surface area contributed by atoms with Gasteiger partial charge in [-0.15, -0.1) is 0 Å². The van der Waals surface area contributed by atoms with Crippen molar-refractivity contribution in [3.63, 3.8) is 0 Å². The molecule has 1 aromatic heterocycles. The number of furan rings is 1. The van der Waals surface area contributed by atoms with Gasteiger partial charge in [-0.3, -0.25) is 0 Å². The lowest BCUT2D eigenvalue weighted by molar-refractivity contribution is -0.139. The normalized spacial score (nSPS) is 10.7. The summed E-state index contributed by atoms with van der Waals surface area (Å²) >= 11 is 6.13. The van der Waals surface area contributed by atoms with Crippen LogP contribution in [-0.4, -0.2) is 31.0 Å². The molecule has 7 nitrogen and oxygen atoms in total. The third kappa shape index (κ3) is 4.11. The van der Waals surface area contributed by atoms with Gasteiger partial charge in [0, 0.05) is 11.8 Å². The molecule has 0 radical (unpaired) electrons. The molecule has 0 spiro atoms. The smallest absolute Gasteiger partial charge is 0.341 e. The Kier molecular flexibility index (Phi) is 5.67. The summed E-state index contributed by atoms with van der Waals surface area (Å²) in [6, 6.07) is 5.18. The number of halogens is 1. The van der Waals surface area contributed by atoms with E-state index in [1.807, 2.05) is 0 Å². The first-order valence-electron chi connectivity index (χ1n) is 7.13. The lowest BCUT2D eigenvalue weighted by Gasteiger charge is -2.11. The Bertz CT molecular complexity index is 880. The molecular weight excluding hydrogens is 348 g/mol. The monoisotopic (exact) mass is 362 g/mol. The van der Waals surface area contributed by atoms with E-state index in [0.29, 0.717) is 16.9 Å². The first-order chi connectivity index (χ1) is 11.9. The zero-order chi connectivity index (χ0) is 18.6. The molecule has 0 unspecified atom stereocenters. The number of carboxylic acids is 1. The van der Waals surface area contributed by atoms with Crippen molar-refractivity contribution >= 4 is 29.7 Å². The van der Waals surface area contributed by atoms with Crippen LogP contribution in [0.3, 0.4) is 0 Å². The van der Waals surface area contributed by atoms with E-state index in [1.54, 1.807) is 26.0 Å². The van der Waals surface area contributed by atoms with Gasteiger partial charge >= 0.3 is 5.97 Å². The summed E-state index contributed by atoms with van der Waals surface area (Å²) in [5.74, 6) is 0.0977. The second-order valence-corrected chi connectivity index (χ2v) is 5.46. The Hall–Kier alpha value is -2.98. The van der Waals surface area contributed by atoms with Crippen molar-refractivity contribution < 1.29 is 23.8 Å². The van der Waals surface area contributed by atoms with E-state index in [9.17, 15) is 10.1 Å². The Morgan fingerprint density at radius 1 is 1.48 bits per heavy atom. The van der Waals surface area contributed by atoms with Crippen LogP contribution < -0.4 is 9.47 Å². The van der Waals surface area contributed by atoms with Gasteiger partial charge in [-0.25, -0.2) is 9.79 Å². The van der Waals surface area contributed by atoms with Gasteiger partial charge in [0.25, 0.3) is 0 Å². The topological polar surface area (TPSA) is 105 Å². The fourth-order valence-corrected chi connectivity index (χ4v) is 2.33. The molecule has 130 valence electrons. The van der Waals surface area contributed by atoms with Gasteiger partial charge in [0.1, 0.15) is 17.4 Å². The molecule has 0 saturated carbocycles. The third-order valence-electron chi connectivity index (χ3n) is 3.40. The summed E-state index contributed by atoms with van der Waals surface area (Å²) in [6.07, 6.45) is 1.47. The van der Waals surface area contributed by atoms with Crippen molar-refractivity contribution in [3.05, 3.63) is 39.6 Å². The minimum Gasteiger partial charge on any atom is -0.493 e. The Morgan fingerprint density at radius 3 is 2.80 bits per heavy atom. The van der Waals surface area contributed by atoms with Crippen LogP contribution in [0.5, 0.6) is 11.5 Å². The van der Waals surface area contributed by atoms with Gasteiger partial charge in [-0.1, -0.05) is 11.6 Å². The van der Waals surface area contributed by atoms with Crippen molar-refractivity contribution in [2.75, 3.05) is 13.7 Å². The van der Waals surface area contributed by atoms with Crippen molar-refractivity contribution in [1.29, 1.82) is 5.26 Å². The summed E-state index contributed by atoms with van der Waals surface area (Å²) in [5, 5.41) is 18.1. The van der Waals surface area contributed by atoms with Gasteiger partial charge in [0.15, 0.2) is 18.1 Å². The number of aryl methyl sites for hydroxylation is 1. The van der Waals surface area contributed by atoms with Crippen LogP contribution in [0.15, 0.2) is 21.5 Å². The maximum Gasteiger partial charge on any atom is 0.341 e. The van der Waals surface area contributed by atoms with Gasteiger partial charge in [-0.2, -0.15) is 5.26 Å². The van der Waals surface area contributed by atoms with Crippen molar-refractivity contribution in [1.82, 2.24) is 0 Å². The first kappa shape index (κ1) is 18.4. The van der Waals surface area contributed by atoms with Crippen LogP contribution in [0.2, 0.25) is 5.02 Å². The van der Waals surface area contributed by atoms with Gasteiger partial charge < -0.3 is 19.0 Å². The number of carbonyl (C=O) groups is 1. The largest absolute Gasteiger partial charge is 0.493 e. The van der Waals surface area contributed by atoms with E-state index in [0.717, 1.165) is 5.56 Å². The SMILES string of the molecule is COc1cc(C=Nc2oc(C)c(C)c2C#N)cc(Cl)c1OCC(=O)O. The highest BCUT2D eigenvalue weighted by Gasteiger charge is 2.15. The number of nitrogens with zero attached hydrogens (tertiary/aromatic N) is 2. The summed E-state index contributed by atoms with van der Waals surface area (Å²) < 4.78 is 15.8. The minimum absolute atomic E-state index is 0.131. The average Bonchev–Trinajstić information content (AvgIpc) is 2.85. The molecule has 0 fully saturated rings. The Labute approximate surface area is 149 Å². The van der Waals surface area contributed by atoms with Gasteiger partial charge in [0.05, 0.1) is 12.1 Å². The van der Waals surface area contributed by atoms with E-state index in [1.165, 1.54) is 13.3 Å². The molecule has 0 aliphatic heterocycles. The molecule has 1 aromatic carbocycles. The van der Waals surface area contributed by atoms with Crippen molar-refractivity contribution in [2.24, 2.45) is 4.99 Å². The van der Waals surface area contributed by atoms with Crippen LogP contribution in [0.25, 0.3) is 0 Å². The lowest BCUT2D eigenvalue weighted by Crippen LogP contribution is -2.10. The summed E-state index contributed by atoms with van der Waals surface area (Å²) in [7, 11) is 1.41. The van der Waals surface area contributed by atoms with Crippen LogP contribution in [-0.2, 0) is 4.79 Å². The number of rotatable bonds is 6. The maximum absolute atomic E-state index is 10.6. The number of carboxylic acid groups (broad SMARTS) is 1. The van der Waals surface area contributed by atoms with Crippen LogP contribution in [0, 0.1) is 25.2 Å². The molecule has 0 atom stereocenters. The number of ether oxygens (including phenoxy) is 2. The zero-order valence-electron chi connectivity index (χ0n) is 13.8. The number of aliphatic carboxylic acids is 1. The average molecular weight is 363 g/mol. The molecule has 0 aliphatic rings. The molecule has 2 rings (SSSR count). The van der Waals surface area contributed by atoms with E-state index in [-0.39, 0.29) is 22.4 Å². The molecular formula is C17H15ClN2O5. The van der Waals surface area contributed by atoms with Crippen LogP contribution >= 0.6 is 11.6 Å². The number of methoxy groups -OCH3 is 1. The summed E-state index contributed by atoms with van der Waals surface area (Å²) in [4.78, 5) is 14.8. The highest BCUT2D eigenvalue weighted by atomic mass is 35.5. The minimum atomic E-state index is -1.13. The fourth-order valence-electron chi connectivity index (χ4n) is 2.05. The quantitative estimate of drug-likeness (QED) is 0.786. The van der Waals surface area contributed by atoms with E-state index >= 15 is 0 Å². The molecule has 1 N–H and O–H groups in total. The number of hydrogen-bond donors (Lipinski definition) is 1. The van der Waals surface area contributed by atoms with E-state index in [4.69, 9.17) is 30.6 Å². The highest BCUT2D eigenvalue weighted by Crippen LogP contribution is 2.36. The van der Waals surface area contributed by atoms with Crippen molar-refractivity contribution in [2.45, 2.75) is 13.8 Å². The van der Waals surface area contributed by atoms with E-state index in [2.05, 4.69) is 11.1 Å². The predicted octanol–water partition coefficient (Wildman–Crippen LogP) is 3.64. The molecule has 0 saturated heterocycles. The van der Waals surface area contributed by atoms with Gasteiger partial charge in [0.2, 0.25) is 5.88 Å². The molecule has 2 aromatic rings. The Morgan fingerprint density at radius 2 is 2.20 bits per heavy atom. The van der Waals surface area contributed by atoms with Crippen LogP contribution in [0.1, 0.15) is 22.5 Å². The molecule has 0 aliphatic carbocycles. The number of aliphatic imine (C=N–C) groups is 1. The molecule has 0 bridgehead atoms. The molecule has 0 amide bonds. The second-order valence-electron chi connectivity index (χ2n) is 5.05. The predicted molar refractivity (Wildman–Crippen MR) is 91.3 cm³/mol. The standard InChI is InChI=1S/C17H15ClN2O5/c1-9-10(2)25-17(12(9)6-19)20-7-11-4-13(18)16(14(5-11)23-3)24-8-15(21)22/h4-5,7H,8H2,1-3H3,(H,21,22). The summed E-state index contributed by atoms with van der Waals surface area (Å²) in [5.41, 5.74) is 1.68. The second kappa shape index (κ2) is 7.73. The molecule has 1 heterocycles. The summed E-state index contributed by atoms with van der Waals surface area (Å²) in [6.45, 7) is 2.99. The number of hydrogen-bond acceptors (Lipinski definition) is 6. The maximum atomic E-state index is 10.6. The van der Waals surface area contributed by atoms with E-state index < -0.39 is 12.6 Å². The molecule has 8 heteroatoms.